The molecule has 2 rings (SSSR count). The Morgan fingerprint density at radius 3 is 2.60 bits per heavy atom. The molecule has 1 aromatic carbocycles. The predicted molar refractivity (Wildman–Crippen MR) is 60.3 cm³/mol. The van der Waals surface area contributed by atoms with E-state index in [4.69, 9.17) is 5.73 Å². The Hall–Kier alpha value is -0.900. The first-order valence-corrected chi connectivity index (χ1v) is 5.44. The average Bonchev–Trinajstić information content (AvgIpc) is 2.60. The molecule has 15 heavy (non-hydrogen) atoms. The molecular formula is C12H18N2O. The summed E-state index contributed by atoms with van der Waals surface area (Å²) < 4.78 is 0. The van der Waals surface area contributed by atoms with Crippen LogP contribution in [0.2, 0.25) is 0 Å². The van der Waals surface area contributed by atoms with Crippen LogP contribution in [0.15, 0.2) is 30.3 Å². The van der Waals surface area contributed by atoms with Crippen LogP contribution in [0.4, 0.5) is 0 Å². The van der Waals surface area contributed by atoms with Crippen molar-refractivity contribution >= 4 is 0 Å². The van der Waals surface area contributed by atoms with Gasteiger partial charge in [0.15, 0.2) is 0 Å². The topological polar surface area (TPSA) is 49.5 Å². The number of hydrogen-bond acceptors (Lipinski definition) is 3. The number of hydrogen-bond donors (Lipinski definition) is 2. The molecule has 0 radical (unpaired) electrons. The van der Waals surface area contributed by atoms with E-state index in [9.17, 15) is 5.11 Å². The summed E-state index contributed by atoms with van der Waals surface area (Å²) in [5, 5.41) is 9.72. The molecule has 0 unspecified atom stereocenters. The van der Waals surface area contributed by atoms with Crippen LogP contribution < -0.4 is 5.73 Å². The van der Waals surface area contributed by atoms with Crippen molar-refractivity contribution in [2.75, 3.05) is 19.6 Å². The largest absolute Gasteiger partial charge is 0.391 e. The highest BCUT2D eigenvalue weighted by molar-refractivity contribution is 5.14. The van der Waals surface area contributed by atoms with E-state index in [-0.39, 0.29) is 12.0 Å². The van der Waals surface area contributed by atoms with Crippen LogP contribution >= 0.6 is 0 Å². The molecule has 3 nitrogen and oxygen atoms in total. The Labute approximate surface area is 90.5 Å². The molecule has 0 amide bonds. The number of nitrogens with zero attached hydrogens (tertiary/aromatic N) is 1. The molecule has 2 atom stereocenters. The van der Waals surface area contributed by atoms with Gasteiger partial charge in [-0.1, -0.05) is 30.3 Å². The van der Waals surface area contributed by atoms with Gasteiger partial charge in [0.05, 0.1) is 6.10 Å². The molecule has 1 fully saturated rings. The summed E-state index contributed by atoms with van der Waals surface area (Å²) in [5.74, 6) is 0.244. The van der Waals surface area contributed by atoms with Crippen molar-refractivity contribution in [2.24, 2.45) is 11.7 Å². The van der Waals surface area contributed by atoms with Crippen molar-refractivity contribution < 1.29 is 5.11 Å². The quantitative estimate of drug-likeness (QED) is 0.754. The van der Waals surface area contributed by atoms with Gasteiger partial charge < -0.3 is 10.8 Å². The van der Waals surface area contributed by atoms with E-state index in [1.165, 1.54) is 5.56 Å². The number of nitrogens with two attached hydrogens (primary N) is 1. The maximum absolute atomic E-state index is 9.72. The first-order chi connectivity index (χ1) is 7.29. The lowest BCUT2D eigenvalue weighted by atomic mass is 10.1. The molecule has 1 heterocycles. The molecule has 0 bridgehead atoms. The molecule has 1 aromatic rings. The molecule has 0 spiro atoms. The van der Waals surface area contributed by atoms with Crippen LogP contribution in [-0.2, 0) is 6.54 Å². The van der Waals surface area contributed by atoms with Gasteiger partial charge in [-0.25, -0.2) is 0 Å². The lowest BCUT2D eigenvalue weighted by Crippen LogP contribution is -2.25. The average molecular weight is 206 g/mol. The third kappa shape index (κ3) is 2.56. The minimum absolute atomic E-state index is 0.244. The van der Waals surface area contributed by atoms with E-state index in [2.05, 4.69) is 17.0 Å². The minimum atomic E-state index is -0.251. The number of rotatable bonds is 3. The van der Waals surface area contributed by atoms with E-state index in [1.54, 1.807) is 0 Å². The molecule has 1 aliphatic heterocycles. The molecule has 1 aliphatic rings. The van der Waals surface area contributed by atoms with E-state index in [0.29, 0.717) is 6.54 Å². The Morgan fingerprint density at radius 2 is 2.00 bits per heavy atom. The van der Waals surface area contributed by atoms with Gasteiger partial charge in [0.25, 0.3) is 0 Å². The molecule has 82 valence electrons. The highest BCUT2D eigenvalue weighted by Crippen LogP contribution is 2.18. The van der Waals surface area contributed by atoms with Gasteiger partial charge >= 0.3 is 0 Å². The van der Waals surface area contributed by atoms with Gasteiger partial charge in [0.1, 0.15) is 0 Å². The summed E-state index contributed by atoms with van der Waals surface area (Å²) in [7, 11) is 0. The van der Waals surface area contributed by atoms with Crippen LogP contribution in [-0.4, -0.2) is 35.7 Å². The van der Waals surface area contributed by atoms with Crippen molar-refractivity contribution in [3.8, 4) is 0 Å². The second-order valence-corrected chi connectivity index (χ2v) is 4.24. The van der Waals surface area contributed by atoms with Gasteiger partial charge in [-0.2, -0.15) is 0 Å². The van der Waals surface area contributed by atoms with Gasteiger partial charge in [-0.3, -0.25) is 4.90 Å². The lowest BCUT2D eigenvalue weighted by molar-refractivity contribution is 0.144. The molecule has 0 aliphatic carbocycles. The zero-order valence-electron chi connectivity index (χ0n) is 8.84. The number of β-amino-alcohol motifs (C(OH)–C–C–N with tert-alkyl or cyclic N) is 1. The van der Waals surface area contributed by atoms with Crippen LogP contribution in [0.1, 0.15) is 5.56 Å². The normalized spacial score (nSPS) is 27.1. The van der Waals surface area contributed by atoms with Crippen LogP contribution in [0.25, 0.3) is 0 Å². The maximum Gasteiger partial charge on any atom is 0.0719 e. The van der Waals surface area contributed by atoms with Gasteiger partial charge in [-0.15, -0.1) is 0 Å². The van der Waals surface area contributed by atoms with Crippen molar-refractivity contribution in [1.29, 1.82) is 0 Å². The van der Waals surface area contributed by atoms with Crippen LogP contribution in [0, 0.1) is 5.92 Å². The fourth-order valence-electron chi connectivity index (χ4n) is 2.14. The summed E-state index contributed by atoms with van der Waals surface area (Å²) in [6, 6.07) is 10.3. The zero-order chi connectivity index (χ0) is 10.7. The minimum Gasteiger partial charge on any atom is -0.391 e. The van der Waals surface area contributed by atoms with Crippen molar-refractivity contribution in [2.45, 2.75) is 12.6 Å². The second kappa shape index (κ2) is 4.75. The predicted octanol–water partition coefficient (Wildman–Crippen LogP) is 0.438. The summed E-state index contributed by atoms with van der Waals surface area (Å²) in [6.45, 7) is 3.14. The second-order valence-electron chi connectivity index (χ2n) is 4.24. The summed E-state index contributed by atoms with van der Waals surface area (Å²) in [5.41, 5.74) is 6.89. The summed E-state index contributed by atoms with van der Waals surface area (Å²) in [4.78, 5) is 2.26. The monoisotopic (exact) mass is 206 g/mol. The van der Waals surface area contributed by atoms with E-state index in [1.807, 2.05) is 18.2 Å². The number of aliphatic hydroxyl groups excluding tert-OH is 1. The van der Waals surface area contributed by atoms with Crippen LogP contribution in [0.5, 0.6) is 0 Å². The molecular weight excluding hydrogens is 188 g/mol. The van der Waals surface area contributed by atoms with E-state index >= 15 is 0 Å². The van der Waals surface area contributed by atoms with Crippen LogP contribution in [0.3, 0.4) is 0 Å². The van der Waals surface area contributed by atoms with Crippen molar-refractivity contribution in [3.05, 3.63) is 35.9 Å². The molecule has 1 saturated heterocycles. The van der Waals surface area contributed by atoms with Gasteiger partial charge in [0.2, 0.25) is 0 Å². The number of benzene rings is 1. The maximum atomic E-state index is 9.72. The highest BCUT2D eigenvalue weighted by Gasteiger charge is 2.29. The first-order valence-electron chi connectivity index (χ1n) is 5.44. The smallest absolute Gasteiger partial charge is 0.0719 e. The number of likely N-dealkylation sites (tertiary alicyclic amines) is 1. The third-order valence-electron chi connectivity index (χ3n) is 3.03. The Bertz CT molecular complexity index is 302. The van der Waals surface area contributed by atoms with Crippen molar-refractivity contribution in [3.63, 3.8) is 0 Å². The third-order valence-corrected chi connectivity index (χ3v) is 3.03. The lowest BCUT2D eigenvalue weighted by Gasteiger charge is -2.14. The van der Waals surface area contributed by atoms with Crippen molar-refractivity contribution in [1.82, 2.24) is 4.90 Å². The van der Waals surface area contributed by atoms with Gasteiger partial charge in [0, 0.05) is 25.6 Å². The molecule has 3 heteroatoms. The summed E-state index contributed by atoms with van der Waals surface area (Å²) >= 11 is 0. The van der Waals surface area contributed by atoms with E-state index in [0.717, 1.165) is 19.6 Å². The standard InChI is InChI=1S/C12H18N2O/c13-6-11-8-14(9-12(11)15)7-10-4-2-1-3-5-10/h1-5,11-12,15H,6-9,13H2/t11-,12-/m0/s1. The van der Waals surface area contributed by atoms with Gasteiger partial charge in [-0.05, 0) is 12.1 Å². The fourth-order valence-corrected chi connectivity index (χ4v) is 2.14. The van der Waals surface area contributed by atoms with E-state index < -0.39 is 0 Å². The Morgan fingerprint density at radius 1 is 1.27 bits per heavy atom. The number of aliphatic hydroxyl groups is 1. The molecule has 3 N–H and O–H groups in total. The first kappa shape index (κ1) is 10.6. The SMILES string of the molecule is NC[C@H]1CN(Cc2ccccc2)C[C@@H]1O. The highest BCUT2D eigenvalue weighted by atomic mass is 16.3. The molecule has 0 aromatic heterocycles. The fraction of sp³-hybridized carbons (Fsp3) is 0.500. The Kier molecular flexibility index (Phi) is 3.36. The molecule has 0 saturated carbocycles. The summed E-state index contributed by atoms with van der Waals surface area (Å²) in [6.07, 6.45) is -0.251. The Balaban J connectivity index is 1.92. The zero-order valence-corrected chi connectivity index (χ0v) is 8.84.